The first kappa shape index (κ1) is 14.0. The minimum Gasteiger partial charge on any atom is -0.351 e. The van der Waals surface area contributed by atoms with Gasteiger partial charge in [-0.2, -0.15) is 0 Å². The average molecular weight is 305 g/mol. The predicted molar refractivity (Wildman–Crippen MR) is 81.9 cm³/mol. The van der Waals surface area contributed by atoms with Gasteiger partial charge in [0.1, 0.15) is 5.82 Å². The molecular formula is C15H16FN3OS. The second-order valence-corrected chi connectivity index (χ2v) is 5.78. The molecule has 0 saturated heterocycles. The molecule has 0 bridgehead atoms. The summed E-state index contributed by atoms with van der Waals surface area (Å²) in [5.74, 6) is -0.410. The van der Waals surface area contributed by atoms with E-state index in [0.29, 0.717) is 10.7 Å². The first-order valence-corrected chi connectivity index (χ1v) is 7.30. The van der Waals surface area contributed by atoms with Gasteiger partial charge in [-0.05, 0) is 49.7 Å². The number of allylic oxidation sites excluding steroid dienone is 1. The Kier molecular flexibility index (Phi) is 3.63. The number of rotatable bonds is 3. The van der Waals surface area contributed by atoms with Crippen LogP contribution < -0.4 is 16.0 Å². The van der Waals surface area contributed by atoms with E-state index in [9.17, 15) is 9.18 Å². The minimum absolute atomic E-state index is 0.105. The second-order valence-electron chi connectivity index (χ2n) is 5.37. The highest BCUT2D eigenvalue weighted by Gasteiger charge is 2.32. The van der Waals surface area contributed by atoms with Crippen LogP contribution in [-0.2, 0) is 4.79 Å². The van der Waals surface area contributed by atoms with Crippen LogP contribution in [0, 0.1) is 5.82 Å². The van der Waals surface area contributed by atoms with Crippen LogP contribution in [-0.4, -0.2) is 17.1 Å². The molecule has 1 atom stereocenters. The average Bonchev–Trinajstić information content (AvgIpc) is 3.22. The number of nitrogens with one attached hydrogen (secondary N) is 3. The van der Waals surface area contributed by atoms with Crippen LogP contribution in [0.3, 0.4) is 0 Å². The summed E-state index contributed by atoms with van der Waals surface area (Å²) in [5, 5.41) is 9.51. The standard InChI is InChI=1S/C15H16FN3OS/c1-8-12(14(20)18-11-6-7-11)13(19-15(21)17-8)9-2-4-10(16)5-3-9/h2-5,11,13H,6-7H2,1H3,(H,18,20)(H2,17,19,21)/t13-/m1/s1. The number of carbonyl (C=O) groups is 1. The number of benzene rings is 1. The topological polar surface area (TPSA) is 53.2 Å². The molecule has 1 amide bonds. The number of halogens is 1. The van der Waals surface area contributed by atoms with E-state index in [1.54, 1.807) is 12.1 Å². The summed E-state index contributed by atoms with van der Waals surface area (Å²) in [6.07, 6.45) is 2.05. The van der Waals surface area contributed by atoms with Crippen LogP contribution in [0.2, 0.25) is 0 Å². The molecule has 1 aromatic carbocycles. The molecule has 1 aliphatic heterocycles. The van der Waals surface area contributed by atoms with E-state index in [1.807, 2.05) is 6.92 Å². The van der Waals surface area contributed by atoms with E-state index in [-0.39, 0.29) is 23.8 Å². The second kappa shape index (κ2) is 5.44. The third kappa shape index (κ3) is 3.05. The molecule has 0 spiro atoms. The minimum atomic E-state index is -0.363. The van der Waals surface area contributed by atoms with Gasteiger partial charge >= 0.3 is 0 Å². The summed E-state index contributed by atoms with van der Waals surface area (Å²) < 4.78 is 13.1. The van der Waals surface area contributed by atoms with Crippen molar-refractivity contribution in [2.45, 2.75) is 31.8 Å². The van der Waals surface area contributed by atoms with Crippen LogP contribution in [0.5, 0.6) is 0 Å². The lowest BCUT2D eigenvalue weighted by molar-refractivity contribution is -0.118. The fourth-order valence-corrected chi connectivity index (χ4v) is 2.66. The lowest BCUT2D eigenvalue weighted by atomic mass is 9.95. The molecule has 1 heterocycles. The van der Waals surface area contributed by atoms with Gasteiger partial charge in [-0.1, -0.05) is 12.1 Å². The molecule has 1 fully saturated rings. The van der Waals surface area contributed by atoms with E-state index >= 15 is 0 Å². The Morgan fingerprint density at radius 3 is 2.62 bits per heavy atom. The predicted octanol–water partition coefficient (Wildman–Crippen LogP) is 1.90. The van der Waals surface area contributed by atoms with Crippen LogP contribution in [0.25, 0.3) is 0 Å². The number of hydrogen-bond acceptors (Lipinski definition) is 2. The molecule has 4 nitrogen and oxygen atoms in total. The first-order chi connectivity index (χ1) is 10.0. The first-order valence-electron chi connectivity index (χ1n) is 6.89. The maximum absolute atomic E-state index is 13.1. The monoisotopic (exact) mass is 305 g/mol. The SMILES string of the molecule is CC1=C(C(=O)NC2CC2)[C@@H](c2ccc(F)cc2)NC(=S)N1. The lowest BCUT2D eigenvalue weighted by Crippen LogP contribution is -2.47. The van der Waals surface area contributed by atoms with Gasteiger partial charge in [-0.3, -0.25) is 4.79 Å². The molecule has 3 N–H and O–H groups in total. The largest absolute Gasteiger partial charge is 0.351 e. The summed E-state index contributed by atoms with van der Waals surface area (Å²) in [6.45, 7) is 1.82. The third-order valence-corrected chi connectivity index (χ3v) is 3.85. The molecule has 110 valence electrons. The fourth-order valence-electron chi connectivity index (χ4n) is 2.39. The molecule has 3 rings (SSSR count). The van der Waals surface area contributed by atoms with Crippen molar-refractivity contribution in [1.82, 2.24) is 16.0 Å². The van der Waals surface area contributed by atoms with Crippen molar-refractivity contribution in [3.8, 4) is 0 Å². The van der Waals surface area contributed by atoms with Crippen molar-refractivity contribution in [2.24, 2.45) is 0 Å². The van der Waals surface area contributed by atoms with Crippen molar-refractivity contribution in [3.05, 3.63) is 46.9 Å². The Morgan fingerprint density at radius 1 is 1.33 bits per heavy atom. The van der Waals surface area contributed by atoms with Crippen molar-refractivity contribution >= 4 is 23.2 Å². The maximum Gasteiger partial charge on any atom is 0.251 e. The van der Waals surface area contributed by atoms with Gasteiger partial charge in [0.25, 0.3) is 5.91 Å². The molecule has 1 saturated carbocycles. The van der Waals surface area contributed by atoms with Crippen LogP contribution in [0.15, 0.2) is 35.5 Å². The van der Waals surface area contributed by atoms with E-state index in [0.717, 1.165) is 24.1 Å². The number of amides is 1. The Labute approximate surface area is 127 Å². The fraction of sp³-hybridized carbons (Fsp3) is 0.333. The van der Waals surface area contributed by atoms with Gasteiger partial charge in [-0.15, -0.1) is 0 Å². The molecule has 1 aliphatic carbocycles. The van der Waals surface area contributed by atoms with Crippen LogP contribution in [0.1, 0.15) is 31.4 Å². The molecular weight excluding hydrogens is 289 g/mol. The Bertz CT molecular complexity index is 622. The van der Waals surface area contributed by atoms with Crippen molar-refractivity contribution in [1.29, 1.82) is 0 Å². The number of hydrogen-bond donors (Lipinski definition) is 3. The van der Waals surface area contributed by atoms with Crippen molar-refractivity contribution in [2.75, 3.05) is 0 Å². The molecule has 0 radical (unpaired) electrons. The quantitative estimate of drug-likeness (QED) is 0.747. The summed E-state index contributed by atoms with van der Waals surface area (Å²) in [4.78, 5) is 12.4. The van der Waals surface area contributed by atoms with Gasteiger partial charge in [-0.25, -0.2) is 4.39 Å². The number of carbonyl (C=O) groups excluding carboxylic acids is 1. The highest BCUT2D eigenvalue weighted by atomic mass is 32.1. The summed E-state index contributed by atoms with van der Waals surface area (Å²) in [5.41, 5.74) is 2.13. The van der Waals surface area contributed by atoms with Gasteiger partial charge in [0.15, 0.2) is 5.11 Å². The smallest absolute Gasteiger partial charge is 0.251 e. The van der Waals surface area contributed by atoms with Gasteiger partial charge in [0.05, 0.1) is 11.6 Å². The van der Waals surface area contributed by atoms with E-state index in [2.05, 4.69) is 16.0 Å². The van der Waals surface area contributed by atoms with Crippen molar-refractivity contribution < 1.29 is 9.18 Å². The lowest BCUT2D eigenvalue weighted by Gasteiger charge is -2.30. The van der Waals surface area contributed by atoms with E-state index in [1.165, 1.54) is 12.1 Å². The zero-order chi connectivity index (χ0) is 15.0. The molecule has 1 aromatic rings. The van der Waals surface area contributed by atoms with Crippen LogP contribution >= 0.6 is 12.2 Å². The normalized spacial score (nSPS) is 21.6. The number of thiocarbonyl (C=S) groups is 1. The zero-order valence-electron chi connectivity index (χ0n) is 11.6. The molecule has 6 heteroatoms. The highest BCUT2D eigenvalue weighted by molar-refractivity contribution is 7.80. The molecule has 0 unspecified atom stereocenters. The molecule has 21 heavy (non-hydrogen) atoms. The Hall–Kier alpha value is -1.95. The van der Waals surface area contributed by atoms with Gasteiger partial charge in [0, 0.05) is 11.7 Å². The highest BCUT2D eigenvalue weighted by Crippen LogP contribution is 2.28. The van der Waals surface area contributed by atoms with E-state index < -0.39 is 0 Å². The van der Waals surface area contributed by atoms with E-state index in [4.69, 9.17) is 12.2 Å². The molecule has 0 aromatic heterocycles. The van der Waals surface area contributed by atoms with Gasteiger partial charge in [0.2, 0.25) is 0 Å². The van der Waals surface area contributed by atoms with Crippen molar-refractivity contribution in [3.63, 3.8) is 0 Å². The third-order valence-electron chi connectivity index (χ3n) is 3.63. The van der Waals surface area contributed by atoms with Crippen LogP contribution in [0.4, 0.5) is 4.39 Å². The Balaban J connectivity index is 1.94. The zero-order valence-corrected chi connectivity index (χ0v) is 12.4. The maximum atomic E-state index is 13.1. The summed E-state index contributed by atoms with van der Waals surface area (Å²) >= 11 is 5.16. The summed E-state index contributed by atoms with van der Waals surface area (Å²) in [6, 6.07) is 6.01. The van der Waals surface area contributed by atoms with Gasteiger partial charge < -0.3 is 16.0 Å². The Morgan fingerprint density at radius 2 is 2.00 bits per heavy atom. The summed E-state index contributed by atoms with van der Waals surface area (Å²) in [7, 11) is 0. The molecule has 2 aliphatic rings.